The van der Waals surface area contributed by atoms with Gasteiger partial charge in [-0.2, -0.15) is 25.3 Å². The Bertz CT molecular complexity index is 61.5. The SMILES string of the molecule is SCCOCCOCCS.[LiH].[LiH]. The van der Waals surface area contributed by atoms with Crippen LogP contribution in [0.5, 0.6) is 0 Å². The molecular weight excluding hydrogens is 182 g/mol. The number of rotatable bonds is 7. The van der Waals surface area contributed by atoms with Crippen molar-refractivity contribution in [1.82, 2.24) is 0 Å². The maximum atomic E-state index is 5.10. The molecule has 2 nitrogen and oxygen atoms in total. The van der Waals surface area contributed by atoms with E-state index in [-0.39, 0.29) is 37.7 Å². The molecule has 12 heavy (non-hydrogen) atoms. The predicted octanol–water partition coefficient (Wildman–Crippen LogP) is -0.418. The van der Waals surface area contributed by atoms with E-state index in [4.69, 9.17) is 9.47 Å². The van der Waals surface area contributed by atoms with Crippen LogP contribution in [-0.2, 0) is 9.47 Å². The Labute approximate surface area is 110 Å². The molecule has 0 atom stereocenters. The molecule has 66 valence electrons. The molecule has 0 rings (SSSR count). The Morgan fingerprint density at radius 1 is 0.667 bits per heavy atom. The van der Waals surface area contributed by atoms with Gasteiger partial charge >= 0.3 is 37.7 Å². The molecular formula is C6H16Li2O2S2. The molecule has 6 heteroatoms. The number of thiol groups is 2. The molecule has 0 aromatic carbocycles. The van der Waals surface area contributed by atoms with Crippen molar-refractivity contribution < 1.29 is 9.47 Å². The standard InChI is InChI=1S/C6H14O2S2.2Li.2H/c9-5-3-7-1-2-8-4-6-10;;;;/h9-10H,1-6H2;;;;. The molecule has 0 aromatic heterocycles. The van der Waals surface area contributed by atoms with Crippen molar-refractivity contribution in [2.45, 2.75) is 0 Å². The third kappa shape index (κ3) is 17.8. The third-order valence-corrected chi connectivity index (χ3v) is 1.21. The number of hydrogen-bond donors (Lipinski definition) is 2. The zero-order chi connectivity index (χ0) is 7.66. The van der Waals surface area contributed by atoms with Crippen molar-refractivity contribution in [2.24, 2.45) is 0 Å². The minimum atomic E-state index is 0. The molecule has 0 aliphatic carbocycles. The molecule has 0 fully saturated rings. The minimum absolute atomic E-state index is 0. The molecule has 0 amide bonds. The molecule has 0 heterocycles. The van der Waals surface area contributed by atoms with Gasteiger partial charge in [-0.25, -0.2) is 0 Å². The second kappa shape index (κ2) is 18.6. The molecule has 0 aliphatic heterocycles. The van der Waals surface area contributed by atoms with E-state index in [0.29, 0.717) is 26.4 Å². The molecule has 0 saturated heterocycles. The van der Waals surface area contributed by atoms with E-state index in [1.807, 2.05) is 0 Å². The first-order chi connectivity index (χ1) is 4.91. The quantitative estimate of drug-likeness (QED) is 0.329. The van der Waals surface area contributed by atoms with Gasteiger partial charge in [0, 0.05) is 11.5 Å². The van der Waals surface area contributed by atoms with E-state index in [1.54, 1.807) is 0 Å². The zero-order valence-corrected chi connectivity index (χ0v) is 7.74. The average molecular weight is 198 g/mol. The van der Waals surface area contributed by atoms with E-state index in [0.717, 1.165) is 11.5 Å². The Balaban J connectivity index is -0.000000405. The summed E-state index contributed by atoms with van der Waals surface area (Å²) in [4.78, 5) is 0. The molecule has 0 saturated carbocycles. The van der Waals surface area contributed by atoms with Crippen LogP contribution in [0, 0.1) is 0 Å². The van der Waals surface area contributed by atoms with Gasteiger partial charge in [0.1, 0.15) is 0 Å². The van der Waals surface area contributed by atoms with Crippen molar-refractivity contribution in [3.8, 4) is 0 Å². The fourth-order valence-corrected chi connectivity index (χ4v) is 0.709. The van der Waals surface area contributed by atoms with Crippen LogP contribution < -0.4 is 0 Å². The second-order valence-electron chi connectivity index (χ2n) is 1.67. The Hall–Kier alpha value is 1.81. The van der Waals surface area contributed by atoms with Crippen LogP contribution in [0.4, 0.5) is 0 Å². The fraction of sp³-hybridized carbons (Fsp3) is 1.00. The van der Waals surface area contributed by atoms with Gasteiger partial charge in [0.2, 0.25) is 0 Å². The number of hydrogen-bond acceptors (Lipinski definition) is 4. The summed E-state index contributed by atoms with van der Waals surface area (Å²) in [6, 6.07) is 0. The van der Waals surface area contributed by atoms with E-state index in [2.05, 4.69) is 25.3 Å². The van der Waals surface area contributed by atoms with Crippen LogP contribution in [0.1, 0.15) is 0 Å². The van der Waals surface area contributed by atoms with Crippen molar-refractivity contribution in [3.05, 3.63) is 0 Å². The Morgan fingerprint density at radius 3 is 1.25 bits per heavy atom. The molecule has 0 unspecified atom stereocenters. The van der Waals surface area contributed by atoms with Gasteiger partial charge < -0.3 is 9.47 Å². The summed E-state index contributed by atoms with van der Waals surface area (Å²) in [6.07, 6.45) is 0. The fourth-order valence-electron chi connectivity index (χ4n) is 0.451. The van der Waals surface area contributed by atoms with E-state index in [9.17, 15) is 0 Å². The topological polar surface area (TPSA) is 18.5 Å². The first kappa shape index (κ1) is 19.4. The average Bonchev–Trinajstić information content (AvgIpc) is 1.97. The molecule has 0 bridgehead atoms. The van der Waals surface area contributed by atoms with E-state index < -0.39 is 0 Å². The summed E-state index contributed by atoms with van der Waals surface area (Å²) in [5, 5.41) is 0. The van der Waals surface area contributed by atoms with Gasteiger partial charge in [0.25, 0.3) is 0 Å². The Kier molecular flexibility index (Phi) is 30.0. The molecule has 0 N–H and O–H groups in total. The summed E-state index contributed by atoms with van der Waals surface area (Å²) in [5.41, 5.74) is 0. The van der Waals surface area contributed by atoms with Crippen LogP contribution in [0.2, 0.25) is 0 Å². The van der Waals surface area contributed by atoms with Gasteiger partial charge in [-0.15, -0.1) is 0 Å². The molecule has 0 aliphatic rings. The van der Waals surface area contributed by atoms with Gasteiger partial charge in [-0.05, 0) is 0 Å². The third-order valence-electron chi connectivity index (χ3n) is 0.843. The van der Waals surface area contributed by atoms with Gasteiger partial charge in [-0.1, -0.05) is 0 Å². The monoisotopic (exact) mass is 198 g/mol. The summed E-state index contributed by atoms with van der Waals surface area (Å²) in [6.45, 7) is 2.73. The van der Waals surface area contributed by atoms with Crippen LogP contribution in [-0.4, -0.2) is 75.7 Å². The molecule has 0 aromatic rings. The summed E-state index contributed by atoms with van der Waals surface area (Å²) in [5.74, 6) is 1.54. The van der Waals surface area contributed by atoms with Crippen LogP contribution in [0.15, 0.2) is 0 Å². The van der Waals surface area contributed by atoms with Crippen molar-refractivity contribution in [1.29, 1.82) is 0 Å². The normalized spacial score (nSPS) is 8.50. The number of ether oxygens (including phenoxy) is 2. The summed E-state index contributed by atoms with van der Waals surface area (Å²) in [7, 11) is 0. The predicted molar refractivity (Wildman–Crippen MR) is 63.6 cm³/mol. The van der Waals surface area contributed by atoms with Crippen LogP contribution in [0.25, 0.3) is 0 Å². The van der Waals surface area contributed by atoms with Crippen molar-refractivity contribution in [2.75, 3.05) is 37.9 Å². The van der Waals surface area contributed by atoms with Crippen molar-refractivity contribution >= 4 is 63.0 Å². The summed E-state index contributed by atoms with van der Waals surface area (Å²) >= 11 is 7.97. The Morgan fingerprint density at radius 2 is 1.00 bits per heavy atom. The zero-order valence-electron chi connectivity index (χ0n) is 5.95. The van der Waals surface area contributed by atoms with Crippen LogP contribution >= 0.6 is 25.3 Å². The molecule has 0 spiro atoms. The van der Waals surface area contributed by atoms with Gasteiger partial charge in [0.15, 0.2) is 0 Å². The van der Waals surface area contributed by atoms with E-state index in [1.165, 1.54) is 0 Å². The van der Waals surface area contributed by atoms with E-state index >= 15 is 0 Å². The first-order valence-electron chi connectivity index (χ1n) is 3.29. The van der Waals surface area contributed by atoms with Crippen LogP contribution in [0.3, 0.4) is 0 Å². The van der Waals surface area contributed by atoms with Gasteiger partial charge in [0.05, 0.1) is 26.4 Å². The summed E-state index contributed by atoms with van der Waals surface area (Å²) < 4.78 is 10.2. The second-order valence-corrected chi connectivity index (χ2v) is 2.57. The van der Waals surface area contributed by atoms with Gasteiger partial charge in [-0.3, -0.25) is 0 Å². The molecule has 0 radical (unpaired) electrons. The maximum absolute atomic E-state index is 5.10. The first-order valence-corrected chi connectivity index (χ1v) is 4.55. The van der Waals surface area contributed by atoms with Crippen molar-refractivity contribution in [3.63, 3.8) is 0 Å².